The number of nitrogen functional groups attached to an aromatic ring is 1. The summed E-state index contributed by atoms with van der Waals surface area (Å²) in [6.45, 7) is 2.80. The molecule has 2 saturated heterocycles. The van der Waals surface area contributed by atoms with Gasteiger partial charge in [0.25, 0.3) is 37.1 Å². The van der Waals surface area contributed by atoms with Crippen molar-refractivity contribution in [3.63, 3.8) is 0 Å². The van der Waals surface area contributed by atoms with Crippen molar-refractivity contribution in [2.75, 3.05) is 46.4 Å². The summed E-state index contributed by atoms with van der Waals surface area (Å²) >= 11 is 45.8. The number of ether oxygens (including phenoxy) is 4. The van der Waals surface area contributed by atoms with Gasteiger partial charge < -0.3 is 46.4 Å². The lowest BCUT2D eigenvalue weighted by atomic mass is 9.86. The number of ketones is 1. The van der Waals surface area contributed by atoms with E-state index in [-0.39, 0.29) is 105 Å². The van der Waals surface area contributed by atoms with Gasteiger partial charge in [-0.1, -0.05) is 129 Å². The SMILES string of the molecule is COC(=O)C(Br)CC1CCCCC1.COC(=O)C(CC1CCOCC1)n1cc(Cl)c(C(=O)NC2CC2)n1.NC1CC1.Nc1ncc(Cl)s1.O=C(Cl)c1[nH]ncc1Cl.O=C(NC1CC1)c1[nH]ncc1Cl.O=C(NC1CC1)c1nn(C(CC2CCOCC2)C(=O)Cc2ncc(Cl)s2)cc1Cl.[CH3][Al]([CH3])[CH3]. The maximum Gasteiger partial charge on any atom is 0.330 e. The van der Waals surface area contributed by atoms with Crippen LogP contribution in [-0.2, 0) is 39.8 Å². The van der Waals surface area contributed by atoms with Crippen LogP contribution in [0.15, 0.2) is 37.2 Å². The van der Waals surface area contributed by atoms with Gasteiger partial charge in [-0.05, 0) is 126 Å². The second-order valence-electron chi connectivity index (χ2n) is 26.0. The topological polar surface area (TPSA) is 363 Å². The number of nitrogens with zero attached hydrogens (tertiary/aromatic N) is 8. The van der Waals surface area contributed by atoms with E-state index in [9.17, 15) is 33.6 Å². The van der Waals surface area contributed by atoms with Crippen LogP contribution in [0.1, 0.15) is 187 Å². The number of esters is 2. The van der Waals surface area contributed by atoms with E-state index in [1.807, 2.05) is 0 Å². The number of anilines is 1. The van der Waals surface area contributed by atoms with Crippen molar-refractivity contribution in [2.45, 2.75) is 193 Å². The second kappa shape index (κ2) is 45.2. The molecule has 2 aliphatic heterocycles. The first-order chi connectivity index (χ1) is 48.7. The van der Waals surface area contributed by atoms with Crippen LogP contribution in [0.4, 0.5) is 5.13 Å². The number of hydrogen-bond acceptors (Lipinski definition) is 21. The number of Topliss-reactive ketones (excluding diaryl/α,β-unsaturated/α-hetero) is 1. The standard InChI is InChI=1S/C19H22Cl2N4O3S.C16H22ClN3O4.C10H17BrO2.C7H8ClN3O.C4H2Cl2N2O.C3H3ClN2S.C3H7N.3CH3.Al/c20-13-10-25(24-18(13)19(27)23-12-1-2-12)14(7-11-3-5-28-6-4-11)15(26)8-17-22-9-16(21)29-17;1-23-16(22)13(8-10-4-6-24-7-5-10)20-9-12(17)14(19-20)15(21)18-11-2-3-11;1-13-10(12)9(11)7-8-5-3-2-4-6-8;8-5-3-9-11-6(5)7(12)10-4-1-2-4;5-2-1-7-8-3(2)4(6)9;4-2-1-6-3(5)7-2;4-3-1-2-3;;;;/h9-12,14H,1-8H2,(H,23,27);9-11,13H,2-8H2,1H3,(H,18,21);8-9H,2-7H2,1H3;3-4H,1-2H2,(H,9,11)(H,10,12);1H,(H,7,8);1H,(H2,5,6);3H,1-2,4H2;3*1H3;. The van der Waals surface area contributed by atoms with Gasteiger partial charge in [0, 0.05) is 63.0 Å². The first-order valence-electron chi connectivity index (χ1n) is 33.9. The first kappa shape index (κ1) is 86.4. The van der Waals surface area contributed by atoms with Gasteiger partial charge in [0.1, 0.15) is 42.0 Å². The summed E-state index contributed by atoms with van der Waals surface area (Å²) in [5.41, 5.74) is 11.2. The molecule has 102 heavy (non-hydrogen) atoms. The number of halogens is 8. The highest BCUT2D eigenvalue weighted by molar-refractivity contribution is 9.10. The van der Waals surface area contributed by atoms with Crippen LogP contribution in [0.2, 0.25) is 46.1 Å². The molecule has 26 nitrogen and oxygen atoms in total. The largest absolute Gasteiger partial charge is 0.468 e. The number of H-pyrrole nitrogens is 2. The second-order valence-corrected chi connectivity index (χ2v) is 35.9. The van der Waals surface area contributed by atoms with Crippen molar-refractivity contribution >= 4 is 180 Å². The van der Waals surface area contributed by atoms with E-state index >= 15 is 0 Å². The highest BCUT2D eigenvalue weighted by Crippen LogP contribution is 2.34. The van der Waals surface area contributed by atoms with Crippen LogP contribution in [0.3, 0.4) is 0 Å². The quantitative estimate of drug-likeness (QED) is 0.0162. The molecule has 7 fully saturated rings. The number of alkyl halides is 1. The van der Waals surface area contributed by atoms with E-state index in [1.165, 1.54) is 111 Å². The molecule has 3 atom stereocenters. The Morgan fingerprint density at radius 3 is 1.37 bits per heavy atom. The fourth-order valence-corrected chi connectivity index (χ4v) is 13.4. The Bertz CT molecular complexity index is 3570. The molecule has 3 amide bonds. The minimum Gasteiger partial charge on any atom is -0.468 e. The number of thiazole rings is 2. The summed E-state index contributed by atoms with van der Waals surface area (Å²) in [7, 11) is 2.79. The van der Waals surface area contributed by atoms with Crippen LogP contribution in [0.25, 0.3) is 0 Å². The number of nitrogens with two attached hydrogens (primary N) is 2. The highest BCUT2D eigenvalue weighted by Gasteiger charge is 2.34. The maximum absolute atomic E-state index is 13.2. The molecule has 0 radical (unpaired) electrons. The molecule has 0 aromatic carbocycles. The highest BCUT2D eigenvalue weighted by atomic mass is 79.9. The molecule has 6 aromatic rings. The van der Waals surface area contributed by atoms with E-state index in [4.69, 9.17) is 107 Å². The van der Waals surface area contributed by atoms with E-state index in [0.29, 0.717) is 92.7 Å². The van der Waals surface area contributed by atoms with E-state index in [1.54, 1.807) is 17.1 Å². The van der Waals surface area contributed by atoms with Crippen molar-refractivity contribution in [1.29, 1.82) is 0 Å². The molecule has 5 aliphatic carbocycles. The van der Waals surface area contributed by atoms with Gasteiger partial charge in [0.05, 0.1) is 65.5 Å². The van der Waals surface area contributed by atoms with Gasteiger partial charge in [0.15, 0.2) is 22.3 Å². The molecule has 9 N–H and O–H groups in total. The van der Waals surface area contributed by atoms with Crippen molar-refractivity contribution in [2.24, 2.45) is 23.5 Å². The third kappa shape index (κ3) is 32.7. The molecule has 0 spiro atoms. The lowest BCUT2D eigenvalue weighted by molar-refractivity contribution is -0.146. The molecule has 37 heteroatoms. The molecular weight excluding hydrogens is 1590 g/mol. The Morgan fingerprint density at radius 2 is 1.01 bits per heavy atom. The zero-order valence-corrected chi connectivity index (χ0v) is 67.2. The van der Waals surface area contributed by atoms with Crippen molar-refractivity contribution in [3.8, 4) is 0 Å². The van der Waals surface area contributed by atoms with Gasteiger partial charge in [-0.15, -0.1) is 28.7 Å². The van der Waals surface area contributed by atoms with Crippen LogP contribution in [0, 0.1) is 17.8 Å². The van der Waals surface area contributed by atoms with E-state index in [2.05, 4.69) is 94.5 Å². The fraction of sp³-hybridized carbons (Fsp3) is 0.615. The minimum atomic E-state index is -0.627. The van der Waals surface area contributed by atoms with E-state index < -0.39 is 17.3 Å². The number of carbonyl (C=O) groups is 7. The van der Waals surface area contributed by atoms with Gasteiger partial charge in [-0.2, -0.15) is 20.4 Å². The van der Waals surface area contributed by atoms with Crippen LogP contribution in [-0.4, -0.2) is 174 Å². The van der Waals surface area contributed by atoms with Gasteiger partial charge in [-0.25, -0.2) is 14.8 Å². The molecular formula is C65H90AlBrCl7N15O11S2. The van der Waals surface area contributed by atoms with Crippen molar-refractivity contribution < 1.29 is 52.5 Å². The lowest BCUT2D eigenvalue weighted by Gasteiger charge is -2.26. The summed E-state index contributed by atoms with van der Waals surface area (Å²) < 4.78 is 24.6. The Balaban J connectivity index is 0.000000199. The van der Waals surface area contributed by atoms with Gasteiger partial charge >= 0.3 is 11.9 Å². The minimum absolute atomic E-state index is 0.0178. The summed E-state index contributed by atoms with van der Waals surface area (Å²) in [5, 5.41) is 30.9. The average molecular weight is 1680 g/mol. The van der Waals surface area contributed by atoms with Gasteiger partial charge in [-0.3, -0.25) is 48.3 Å². The summed E-state index contributed by atoms with van der Waals surface area (Å²) in [5.74, 6) is 7.06. The van der Waals surface area contributed by atoms with Crippen molar-refractivity contribution in [1.82, 2.24) is 65.9 Å². The Labute approximate surface area is 649 Å². The number of hydrogen-bond donors (Lipinski definition) is 7. The number of aromatic nitrogens is 10. The average Bonchev–Trinajstić information content (AvgIpc) is 1.66. The summed E-state index contributed by atoms with van der Waals surface area (Å²) in [4.78, 5) is 90.5. The molecule has 562 valence electrons. The number of nitrogens with one attached hydrogen (secondary N) is 5. The lowest BCUT2D eigenvalue weighted by Crippen LogP contribution is -2.29. The number of amides is 3. The Kier molecular flexibility index (Phi) is 38.3. The zero-order chi connectivity index (χ0) is 74.4. The molecule has 0 bridgehead atoms. The summed E-state index contributed by atoms with van der Waals surface area (Å²) in [6.07, 6.45) is 30.0. The number of methoxy groups -OCH3 is 2. The zero-order valence-electron chi connectivity index (χ0n) is 57.6. The smallest absolute Gasteiger partial charge is 0.330 e. The molecule has 5 saturated carbocycles. The fourth-order valence-electron chi connectivity index (χ4n) is 10.0. The van der Waals surface area contributed by atoms with Crippen LogP contribution in [0.5, 0.6) is 0 Å². The number of rotatable bonds is 20. The number of aromatic amines is 2. The Morgan fingerprint density at radius 1 is 0.588 bits per heavy atom. The molecule has 6 aromatic heterocycles. The Hall–Kier alpha value is -4.49. The maximum atomic E-state index is 13.2. The molecule has 8 heterocycles. The molecule has 3 unspecified atom stereocenters. The third-order valence-electron chi connectivity index (χ3n) is 16.1. The van der Waals surface area contributed by atoms with Crippen LogP contribution < -0.4 is 27.4 Å². The normalized spacial score (nSPS) is 17.3. The third-order valence-corrected chi connectivity index (χ3v) is 20.2. The van der Waals surface area contributed by atoms with Gasteiger partial charge in [0.2, 0.25) is 0 Å². The molecule has 7 aliphatic rings. The summed E-state index contributed by atoms with van der Waals surface area (Å²) in [6, 6.07) is 0.256. The monoisotopic (exact) mass is 1670 g/mol. The van der Waals surface area contributed by atoms with Crippen LogP contribution >= 0.6 is 120 Å². The predicted octanol–water partition coefficient (Wildman–Crippen LogP) is 13.8. The van der Waals surface area contributed by atoms with Crippen molar-refractivity contribution in [3.05, 3.63) is 93.7 Å². The predicted molar refractivity (Wildman–Crippen MR) is 404 cm³/mol. The number of carbonyl (C=O) groups excluding carboxylic acids is 7. The van der Waals surface area contributed by atoms with E-state index in [0.717, 1.165) is 76.5 Å². The molecule has 13 rings (SSSR count). The first-order valence-corrected chi connectivity index (χ1v) is 42.6.